The molecule has 1 aliphatic rings. The van der Waals surface area contributed by atoms with Crippen LogP contribution in [-0.4, -0.2) is 49.9 Å². The molecular formula is C20H25NO4. The molecule has 3 rings (SSSR count). The highest BCUT2D eigenvalue weighted by molar-refractivity contribution is 5.91. The average molecular weight is 343 g/mol. The number of hydrogen-bond acceptors (Lipinski definition) is 4. The minimum absolute atomic E-state index is 0.0189. The average Bonchev–Trinajstić information content (AvgIpc) is 2.66. The molecule has 1 saturated heterocycles. The summed E-state index contributed by atoms with van der Waals surface area (Å²) < 4.78 is 16.5. The highest BCUT2D eigenvalue weighted by atomic mass is 16.6. The van der Waals surface area contributed by atoms with Crippen LogP contribution in [0.25, 0.3) is 10.8 Å². The second-order valence-electron chi connectivity index (χ2n) is 6.47. The maximum absolute atomic E-state index is 12.9. The number of benzene rings is 2. The van der Waals surface area contributed by atoms with Crippen molar-refractivity contribution in [2.45, 2.75) is 32.5 Å². The number of amides is 1. The lowest BCUT2D eigenvalue weighted by Gasteiger charge is -2.32. The van der Waals surface area contributed by atoms with Gasteiger partial charge < -0.3 is 19.1 Å². The molecule has 1 fully saturated rings. The standard InChI is InChI=1S/C20H25NO4/c1-14(2)21(20(22)19-13-24-10-11-25-19)12-15-8-9-18(23-3)17-7-5-4-6-16(15)17/h4-9,14,19H,10-13H2,1-3H3/t19-/m1/s1. The summed E-state index contributed by atoms with van der Waals surface area (Å²) in [6, 6.07) is 12.2. The molecule has 1 aliphatic heterocycles. The summed E-state index contributed by atoms with van der Waals surface area (Å²) in [7, 11) is 1.67. The topological polar surface area (TPSA) is 48.0 Å². The van der Waals surface area contributed by atoms with Gasteiger partial charge in [-0.2, -0.15) is 0 Å². The minimum Gasteiger partial charge on any atom is -0.496 e. The molecule has 2 aromatic rings. The van der Waals surface area contributed by atoms with E-state index >= 15 is 0 Å². The Morgan fingerprint density at radius 2 is 1.96 bits per heavy atom. The lowest BCUT2D eigenvalue weighted by Crippen LogP contribution is -2.47. The first kappa shape index (κ1) is 17.7. The van der Waals surface area contributed by atoms with Crippen molar-refractivity contribution in [2.24, 2.45) is 0 Å². The van der Waals surface area contributed by atoms with Crippen molar-refractivity contribution in [3.63, 3.8) is 0 Å². The zero-order valence-corrected chi connectivity index (χ0v) is 15.0. The van der Waals surface area contributed by atoms with E-state index in [0.717, 1.165) is 22.1 Å². The molecule has 0 spiro atoms. The Balaban J connectivity index is 1.90. The number of carbonyl (C=O) groups excluding carboxylic acids is 1. The predicted molar refractivity (Wildman–Crippen MR) is 96.7 cm³/mol. The fraction of sp³-hybridized carbons (Fsp3) is 0.450. The number of ether oxygens (including phenoxy) is 3. The van der Waals surface area contributed by atoms with Crippen molar-refractivity contribution < 1.29 is 19.0 Å². The van der Waals surface area contributed by atoms with Crippen LogP contribution in [0.3, 0.4) is 0 Å². The summed E-state index contributed by atoms with van der Waals surface area (Å²) in [4.78, 5) is 14.8. The van der Waals surface area contributed by atoms with E-state index in [9.17, 15) is 4.79 Å². The van der Waals surface area contributed by atoms with Gasteiger partial charge >= 0.3 is 0 Å². The van der Waals surface area contributed by atoms with Crippen LogP contribution in [0.1, 0.15) is 19.4 Å². The fourth-order valence-corrected chi connectivity index (χ4v) is 3.16. The van der Waals surface area contributed by atoms with Gasteiger partial charge in [0, 0.05) is 18.0 Å². The third kappa shape index (κ3) is 3.78. The van der Waals surface area contributed by atoms with Crippen molar-refractivity contribution in [3.05, 3.63) is 42.0 Å². The number of methoxy groups -OCH3 is 1. The number of carbonyl (C=O) groups is 1. The lowest BCUT2D eigenvalue weighted by molar-refractivity contribution is -0.160. The Morgan fingerprint density at radius 1 is 1.20 bits per heavy atom. The Kier molecular flexibility index (Phi) is 5.56. The van der Waals surface area contributed by atoms with Crippen LogP contribution in [0, 0.1) is 0 Å². The molecule has 0 bridgehead atoms. The van der Waals surface area contributed by atoms with Gasteiger partial charge in [0.25, 0.3) is 5.91 Å². The van der Waals surface area contributed by atoms with Crippen LogP contribution in [0.15, 0.2) is 36.4 Å². The van der Waals surface area contributed by atoms with Crippen molar-refractivity contribution >= 4 is 16.7 Å². The van der Waals surface area contributed by atoms with E-state index in [0.29, 0.717) is 26.4 Å². The van der Waals surface area contributed by atoms with E-state index in [-0.39, 0.29) is 11.9 Å². The molecular weight excluding hydrogens is 318 g/mol. The molecule has 2 aromatic carbocycles. The highest BCUT2D eigenvalue weighted by Crippen LogP contribution is 2.29. The Bertz CT molecular complexity index is 738. The predicted octanol–water partition coefficient (Wildman–Crippen LogP) is 3.00. The summed E-state index contributed by atoms with van der Waals surface area (Å²) in [5.41, 5.74) is 1.09. The highest BCUT2D eigenvalue weighted by Gasteiger charge is 2.29. The van der Waals surface area contributed by atoms with Gasteiger partial charge in [0.2, 0.25) is 0 Å². The molecule has 0 radical (unpaired) electrons. The van der Waals surface area contributed by atoms with Crippen LogP contribution in [-0.2, 0) is 20.8 Å². The van der Waals surface area contributed by atoms with Crippen molar-refractivity contribution in [1.29, 1.82) is 0 Å². The van der Waals surface area contributed by atoms with Crippen LogP contribution >= 0.6 is 0 Å². The van der Waals surface area contributed by atoms with Crippen molar-refractivity contribution in [2.75, 3.05) is 26.9 Å². The first-order valence-electron chi connectivity index (χ1n) is 8.66. The quantitative estimate of drug-likeness (QED) is 0.837. The molecule has 134 valence electrons. The van der Waals surface area contributed by atoms with Gasteiger partial charge in [0.15, 0.2) is 6.10 Å². The third-order valence-electron chi connectivity index (χ3n) is 4.53. The van der Waals surface area contributed by atoms with Gasteiger partial charge in [-0.1, -0.05) is 30.3 Å². The third-order valence-corrected chi connectivity index (χ3v) is 4.53. The fourth-order valence-electron chi connectivity index (χ4n) is 3.16. The maximum Gasteiger partial charge on any atom is 0.254 e. The van der Waals surface area contributed by atoms with E-state index < -0.39 is 6.10 Å². The second-order valence-corrected chi connectivity index (χ2v) is 6.47. The normalized spacial score (nSPS) is 17.7. The largest absolute Gasteiger partial charge is 0.496 e. The molecule has 0 unspecified atom stereocenters. The molecule has 0 N–H and O–H groups in total. The SMILES string of the molecule is COc1ccc(CN(C(=O)[C@H]2COCCO2)C(C)C)c2ccccc12. The maximum atomic E-state index is 12.9. The zero-order chi connectivity index (χ0) is 17.8. The van der Waals surface area contributed by atoms with Crippen LogP contribution in [0.4, 0.5) is 0 Å². The van der Waals surface area contributed by atoms with Gasteiger partial charge in [-0.15, -0.1) is 0 Å². The first-order chi connectivity index (χ1) is 12.1. The molecule has 0 aliphatic carbocycles. The van der Waals surface area contributed by atoms with Gasteiger partial charge in [-0.05, 0) is 30.9 Å². The van der Waals surface area contributed by atoms with E-state index in [1.54, 1.807) is 7.11 Å². The van der Waals surface area contributed by atoms with E-state index in [1.807, 2.05) is 49.1 Å². The number of fused-ring (bicyclic) bond motifs is 1. The van der Waals surface area contributed by atoms with Gasteiger partial charge in [0.1, 0.15) is 5.75 Å². The molecule has 1 amide bonds. The van der Waals surface area contributed by atoms with E-state index in [2.05, 4.69) is 6.07 Å². The monoisotopic (exact) mass is 343 g/mol. The van der Waals surface area contributed by atoms with Crippen LogP contribution in [0.2, 0.25) is 0 Å². The molecule has 0 aromatic heterocycles. The molecule has 1 heterocycles. The minimum atomic E-state index is -0.513. The Hall–Kier alpha value is -2.11. The summed E-state index contributed by atoms with van der Waals surface area (Å²) >= 11 is 0. The van der Waals surface area contributed by atoms with Gasteiger partial charge in [-0.25, -0.2) is 0 Å². The molecule has 5 nitrogen and oxygen atoms in total. The van der Waals surface area contributed by atoms with Crippen LogP contribution in [0.5, 0.6) is 5.75 Å². The van der Waals surface area contributed by atoms with Gasteiger partial charge in [0.05, 0.1) is 26.9 Å². The van der Waals surface area contributed by atoms with Gasteiger partial charge in [-0.3, -0.25) is 4.79 Å². The van der Waals surface area contributed by atoms with E-state index in [4.69, 9.17) is 14.2 Å². The number of hydrogen-bond donors (Lipinski definition) is 0. The van der Waals surface area contributed by atoms with Crippen LogP contribution < -0.4 is 4.74 Å². The van der Waals surface area contributed by atoms with Crippen molar-refractivity contribution in [1.82, 2.24) is 4.90 Å². The van der Waals surface area contributed by atoms with Crippen molar-refractivity contribution in [3.8, 4) is 5.75 Å². The summed E-state index contributed by atoms with van der Waals surface area (Å²) in [6.45, 7) is 5.91. The number of nitrogens with zero attached hydrogens (tertiary/aromatic N) is 1. The summed E-state index contributed by atoms with van der Waals surface area (Å²) in [5, 5.41) is 2.15. The summed E-state index contributed by atoms with van der Waals surface area (Å²) in [6.07, 6.45) is -0.513. The molecule has 1 atom stereocenters. The Labute approximate surface area is 148 Å². The zero-order valence-electron chi connectivity index (χ0n) is 15.0. The molecule has 25 heavy (non-hydrogen) atoms. The number of rotatable bonds is 5. The molecule has 5 heteroatoms. The smallest absolute Gasteiger partial charge is 0.254 e. The molecule has 0 saturated carbocycles. The van der Waals surface area contributed by atoms with E-state index in [1.165, 1.54) is 0 Å². The second kappa shape index (κ2) is 7.85. The summed E-state index contributed by atoms with van der Waals surface area (Å²) in [5.74, 6) is 0.820. The lowest BCUT2D eigenvalue weighted by atomic mass is 10.0. The Morgan fingerprint density at radius 3 is 2.60 bits per heavy atom. The first-order valence-corrected chi connectivity index (χ1v) is 8.66.